The van der Waals surface area contributed by atoms with Crippen molar-refractivity contribution < 1.29 is 9.90 Å². The fourth-order valence-corrected chi connectivity index (χ4v) is 3.15. The van der Waals surface area contributed by atoms with Crippen LogP contribution in [0.3, 0.4) is 0 Å². The first-order valence-electron chi connectivity index (χ1n) is 7.77. The van der Waals surface area contributed by atoms with Gasteiger partial charge in [-0.1, -0.05) is 49.4 Å². The van der Waals surface area contributed by atoms with Crippen LogP contribution in [-0.2, 0) is 24.2 Å². The zero-order chi connectivity index (χ0) is 15.5. The molecular weight excluding hydrogens is 274 g/mol. The first kappa shape index (κ1) is 14.6. The number of rotatable bonds is 5. The predicted octanol–water partition coefficient (Wildman–Crippen LogP) is 3.51. The maximum Gasteiger partial charge on any atom is 0.306 e. The van der Waals surface area contributed by atoms with Gasteiger partial charge in [-0.15, -0.1) is 0 Å². The van der Waals surface area contributed by atoms with E-state index in [0.717, 1.165) is 19.5 Å². The number of carboxylic acids is 1. The molecule has 2 aromatic rings. The van der Waals surface area contributed by atoms with Gasteiger partial charge in [-0.3, -0.25) is 4.79 Å². The summed E-state index contributed by atoms with van der Waals surface area (Å²) in [4.78, 5) is 13.5. The molecule has 1 unspecified atom stereocenters. The normalized spacial score (nSPS) is 14.7. The Bertz CT molecular complexity index is 666. The third-order valence-corrected chi connectivity index (χ3v) is 4.38. The highest BCUT2D eigenvalue weighted by atomic mass is 16.4. The van der Waals surface area contributed by atoms with E-state index in [1.54, 1.807) is 6.92 Å². The molecule has 0 saturated carbocycles. The quantitative estimate of drug-likeness (QED) is 0.917. The van der Waals surface area contributed by atoms with Gasteiger partial charge >= 0.3 is 5.97 Å². The van der Waals surface area contributed by atoms with E-state index in [0.29, 0.717) is 6.42 Å². The van der Waals surface area contributed by atoms with Crippen LogP contribution in [0.5, 0.6) is 0 Å². The van der Waals surface area contributed by atoms with Crippen molar-refractivity contribution in [2.75, 3.05) is 11.4 Å². The number of nitrogens with zero attached hydrogens (tertiary/aromatic N) is 1. The molecule has 114 valence electrons. The summed E-state index contributed by atoms with van der Waals surface area (Å²) in [5.41, 5.74) is 5.08. The van der Waals surface area contributed by atoms with Crippen molar-refractivity contribution in [2.24, 2.45) is 5.92 Å². The van der Waals surface area contributed by atoms with Gasteiger partial charge in [-0.25, -0.2) is 0 Å². The molecule has 0 spiro atoms. The van der Waals surface area contributed by atoms with Crippen molar-refractivity contribution in [3.05, 3.63) is 65.2 Å². The molecule has 2 aromatic carbocycles. The van der Waals surface area contributed by atoms with Gasteiger partial charge in [0.15, 0.2) is 0 Å². The largest absolute Gasteiger partial charge is 0.481 e. The van der Waals surface area contributed by atoms with Crippen molar-refractivity contribution in [1.29, 1.82) is 0 Å². The number of hydrogen-bond acceptors (Lipinski definition) is 2. The molecule has 1 aliphatic heterocycles. The lowest BCUT2D eigenvalue weighted by atomic mass is 9.95. The Morgan fingerprint density at radius 3 is 2.68 bits per heavy atom. The lowest BCUT2D eigenvalue weighted by Crippen LogP contribution is -2.19. The summed E-state index contributed by atoms with van der Waals surface area (Å²) in [6, 6.07) is 16.7. The number of anilines is 1. The van der Waals surface area contributed by atoms with E-state index in [9.17, 15) is 4.79 Å². The van der Waals surface area contributed by atoms with Gasteiger partial charge in [-0.05, 0) is 35.6 Å². The third-order valence-electron chi connectivity index (χ3n) is 4.38. The number of benzene rings is 2. The van der Waals surface area contributed by atoms with Crippen LogP contribution in [0, 0.1) is 5.92 Å². The molecule has 0 saturated heterocycles. The molecule has 3 rings (SSSR count). The fraction of sp³-hybridized carbons (Fsp3) is 0.316. The molecule has 3 nitrogen and oxygen atoms in total. The van der Waals surface area contributed by atoms with Crippen LogP contribution in [-0.4, -0.2) is 17.6 Å². The Morgan fingerprint density at radius 2 is 1.95 bits per heavy atom. The summed E-state index contributed by atoms with van der Waals surface area (Å²) in [5, 5.41) is 9.13. The summed E-state index contributed by atoms with van der Waals surface area (Å²) >= 11 is 0. The second-order valence-electron chi connectivity index (χ2n) is 6.02. The highest BCUT2D eigenvalue weighted by Gasteiger charge is 2.23. The average Bonchev–Trinajstić information content (AvgIpc) is 2.92. The van der Waals surface area contributed by atoms with E-state index in [1.165, 1.54) is 22.4 Å². The van der Waals surface area contributed by atoms with Gasteiger partial charge in [0.05, 0.1) is 5.92 Å². The van der Waals surface area contributed by atoms with Crippen LogP contribution in [0.4, 0.5) is 5.69 Å². The number of carbonyl (C=O) groups is 1. The van der Waals surface area contributed by atoms with Gasteiger partial charge in [0, 0.05) is 18.8 Å². The third kappa shape index (κ3) is 2.98. The fourth-order valence-electron chi connectivity index (χ4n) is 3.15. The minimum Gasteiger partial charge on any atom is -0.481 e. The molecule has 22 heavy (non-hydrogen) atoms. The molecule has 0 aliphatic carbocycles. The Labute approximate surface area is 131 Å². The monoisotopic (exact) mass is 295 g/mol. The van der Waals surface area contributed by atoms with E-state index >= 15 is 0 Å². The number of carboxylic acid groups (broad SMARTS) is 1. The Kier molecular flexibility index (Phi) is 4.14. The van der Waals surface area contributed by atoms with E-state index in [4.69, 9.17) is 5.11 Å². The van der Waals surface area contributed by atoms with Gasteiger partial charge in [-0.2, -0.15) is 0 Å². The summed E-state index contributed by atoms with van der Waals surface area (Å²) in [7, 11) is 0. The maximum atomic E-state index is 11.1. The average molecular weight is 295 g/mol. The molecule has 1 aliphatic rings. The van der Waals surface area contributed by atoms with E-state index < -0.39 is 5.97 Å². The van der Waals surface area contributed by atoms with Crippen molar-refractivity contribution in [3.63, 3.8) is 0 Å². The smallest absolute Gasteiger partial charge is 0.306 e. The first-order chi connectivity index (χ1) is 10.6. The lowest BCUT2D eigenvalue weighted by Gasteiger charge is -2.20. The first-order valence-corrected chi connectivity index (χ1v) is 7.77. The van der Waals surface area contributed by atoms with Gasteiger partial charge in [0.2, 0.25) is 0 Å². The van der Waals surface area contributed by atoms with Crippen molar-refractivity contribution in [2.45, 2.75) is 26.3 Å². The molecule has 0 bridgehead atoms. The molecule has 0 aromatic heterocycles. The highest BCUT2D eigenvalue weighted by molar-refractivity contribution is 5.70. The van der Waals surface area contributed by atoms with Crippen molar-refractivity contribution in [1.82, 2.24) is 0 Å². The minimum atomic E-state index is -0.725. The van der Waals surface area contributed by atoms with E-state index in [2.05, 4.69) is 41.3 Å². The summed E-state index contributed by atoms with van der Waals surface area (Å²) in [5.74, 6) is -1.06. The lowest BCUT2D eigenvalue weighted by molar-refractivity contribution is -0.141. The van der Waals surface area contributed by atoms with Gasteiger partial charge < -0.3 is 10.0 Å². The van der Waals surface area contributed by atoms with Gasteiger partial charge in [0.25, 0.3) is 0 Å². The molecule has 0 fully saturated rings. The molecule has 0 radical (unpaired) electrons. The van der Waals surface area contributed by atoms with Crippen LogP contribution in [0.15, 0.2) is 48.5 Å². The molecule has 0 amide bonds. The predicted molar refractivity (Wildman–Crippen MR) is 88.1 cm³/mol. The SMILES string of the molecule is CC(Cc1cccc2c1CCN2Cc1ccccc1)C(=O)O. The van der Waals surface area contributed by atoms with Gasteiger partial charge in [0.1, 0.15) is 0 Å². The Hall–Kier alpha value is -2.29. The molecule has 1 heterocycles. The molecular formula is C19H21NO2. The van der Waals surface area contributed by atoms with Crippen LogP contribution in [0.1, 0.15) is 23.6 Å². The number of fused-ring (bicyclic) bond motifs is 1. The number of hydrogen-bond donors (Lipinski definition) is 1. The highest BCUT2D eigenvalue weighted by Crippen LogP contribution is 2.33. The second-order valence-corrected chi connectivity index (χ2v) is 6.02. The van der Waals surface area contributed by atoms with E-state index in [1.807, 2.05) is 12.1 Å². The van der Waals surface area contributed by atoms with E-state index in [-0.39, 0.29) is 5.92 Å². The number of aliphatic carboxylic acids is 1. The van der Waals surface area contributed by atoms with Crippen LogP contribution in [0.25, 0.3) is 0 Å². The standard InChI is InChI=1S/C19H21NO2/c1-14(19(21)22)12-16-8-5-9-18-17(16)10-11-20(18)13-15-6-3-2-4-7-15/h2-9,14H,10-13H2,1H3,(H,21,22). The molecule has 1 atom stereocenters. The topological polar surface area (TPSA) is 40.5 Å². The summed E-state index contributed by atoms with van der Waals surface area (Å²) < 4.78 is 0. The van der Waals surface area contributed by atoms with Crippen molar-refractivity contribution in [3.8, 4) is 0 Å². The minimum absolute atomic E-state index is 0.338. The molecule has 1 N–H and O–H groups in total. The second kappa shape index (κ2) is 6.22. The Balaban J connectivity index is 1.81. The Morgan fingerprint density at radius 1 is 1.18 bits per heavy atom. The summed E-state index contributed by atoms with van der Waals surface area (Å²) in [6.45, 7) is 3.69. The molecule has 3 heteroatoms. The zero-order valence-electron chi connectivity index (χ0n) is 12.8. The summed E-state index contributed by atoms with van der Waals surface area (Å²) in [6.07, 6.45) is 1.61. The van der Waals surface area contributed by atoms with Crippen molar-refractivity contribution >= 4 is 11.7 Å². The zero-order valence-corrected chi connectivity index (χ0v) is 12.8. The van der Waals surface area contributed by atoms with Crippen LogP contribution in [0.2, 0.25) is 0 Å². The van der Waals surface area contributed by atoms with Crippen LogP contribution >= 0.6 is 0 Å². The maximum absolute atomic E-state index is 11.1. The van der Waals surface area contributed by atoms with Crippen LogP contribution < -0.4 is 4.90 Å².